The molecule has 0 unspecified atom stereocenters. The molecule has 3 aromatic rings. The maximum atomic E-state index is 13.0. The van der Waals surface area contributed by atoms with E-state index in [-0.39, 0.29) is 29.3 Å². The molecule has 0 saturated heterocycles. The van der Waals surface area contributed by atoms with Crippen molar-refractivity contribution in [2.45, 2.75) is 20.4 Å². The predicted molar refractivity (Wildman–Crippen MR) is 105 cm³/mol. The summed E-state index contributed by atoms with van der Waals surface area (Å²) in [7, 11) is 4.39. The lowest BCUT2D eigenvalue weighted by Crippen LogP contribution is -2.27. The molecule has 3 rings (SSSR count). The molecule has 0 radical (unpaired) electrons. The third-order valence-electron chi connectivity index (χ3n) is 4.40. The highest BCUT2D eigenvalue weighted by Crippen LogP contribution is 2.35. The van der Waals surface area contributed by atoms with Gasteiger partial charge in [-0.3, -0.25) is 19.3 Å². The zero-order chi connectivity index (χ0) is 20.6. The van der Waals surface area contributed by atoms with Crippen LogP contribution in [-0.2, 0) is 6.54 Å². The summed E-state index contributed by atoms with van der Waals surface area (Å²) in [6, 6.07) is 2.54. The summed E-state index contributed by atoms with van der Waals surface area (Å²) < 4.78 is 12.3. The second kappa shape index (κ2) is 7.47. The SMILES string of the molecule is COc1cc(C(=O)N(C)Cc2c(C)nc3sc(C)cn23)c([N+](=O)[O-])cc1OC. The summed E-state index contributed by atoms with van der Waals surface area (Å²) in [5.74, 6) is -0.0503. The summed E-state index contributed by atoms with van der Waals surface area (Å²) in [5.41, 5.74) is 1.27. The molecule has 2 heterocycles. The van der Waals surface area contributed by atoms with Crippen molar-refractivity contribution < 1.29 is 19.2 Å². The lowest BCUT2D eigenvalue weighted by molar-refractivity contribution is -0.385. The van der Waals surface area contributed by atoms with E-state index in [4.69, 9.17) is 9.47 Å². The average Bonchev–Trinajstić information content (AvgIpc) is 3.15. The molecule has 9 nitrogen and oxygen atoms in total. The van der Waals surface area contributed by atoms with Gasteiger partial charge in [0.15, 0.2) is 16.5 Å². The van der Waals surface area contributed by atoms with Crippen LogP contribution in [0.2, 0.25) is 0 Å². The number of nitro groups is 1. The third kappa shape index (κ3) is 3.38. The molecule has 0 aliphatic carbocycles. The van der Waals surface area contributed by atoms with Crippen molar-refractivity contribution in [2.75, 3.05) is 21.3 Å². The molecule has 0 atom stereocenters. The van der Waals surface area contributed by atoms with E-state index in [1.54, 1.807) is 18.4 Å². The van der Waals surface area contributed by atoms with Gasteiger partial charge < -0.3 is 14.4 Å². The van der Waals surface area contributed by atoms with E-state index in [0.717, 1.165) is 21.2 Å². The Morgan fingerprint density at radius 3 is 2.54 bits per heavy atom. The number of benzene rings is 1. The summed E-state index contributed by atoms with van der Waals surface area (Å²) in [6.45, 7) is 4.12. The van der Waals surface area contributed by atoms with Gasteiger partial charge in [-0.25, -0.2) is 4.98 Å². The second-order valence-corrected chi connectivity index (χ2v) is 7.49. The number of ether oxygens (including phenoxy) is 2. The minimum atomic E-state index is -0.604. The number of hydrogen-bond donors (Lipinski definition) is 0. The van der Waals surface area contributed by atoms with Crippen LogP contribution in [0.25, 0.3) is 4.96 Å². The van der Waals surface area contributed by atoms with Crippen LogP contribution >= 0.6 is 11.3 Å². The molecular formula is C18H20N4O5S. The highest BCUT2D eigenvalue weighted by Gasteiger charge is 2.27. The summed E-state index contributed by atoms with van der Waals surface area (Å²) in [6.07, 6.45) is 1.96. The van der Waals surface area contributed by atoms with Gasteiger partial charge in [-0.1, -0.05) is 0 Å². The number of methoxy groups -OCH3 is 2. The number of amides is 1. The zero-order valence-electron chi connectivity index (χ0n) is 16.2. The molecule has 2 aromatic heterocycles. The Hall–Kier alpha value is -3.14. The van der Waals surface area contributed by atoms with Crippen molar-refractivity contribution in [1.82, 2.24) is 14.3 Å². The standard InChI is InChI=1S/C18H20N4O5S/c1-10-8-21-14(11(2)19-18(21)28-10)9-20(3)17(23)12-6-15(26-4)16(27-5)7-13(12)22(24)25/h6-8H,9H2,1-5H3. The van der Waals surface area contributed by atoms with E-state index in [0.29, 0.717) is 0 Å². The molecule has 0 bridgehead atoms. The first-order valence-corrected chi connectivity index (χ1v) is 9.18. The van der Waals surface area contributed by atoms with Crippen LogP contribution in [0.4, 0.5) is 5.69 Å². The first kappa shape index (κ1) is 19.6. The first-order chi connectivity index (χ1) is 13.3. The molecule has 10 heteroatoms. The summed E-state index contributed by atoms with van der Waals surface area (Å²) in [4.78, 5) is 31.8. The van der Waals surface area contributed by atoms with Crippen LogP contribution in [0.15, 0.2) is 18.3 Å². The Kier molecular flexibility index (Phi) is 5.23. The summed E-state index contributed by atoms with van der Waals surface area (Å²) in [5, 5.41) is 11.5. The molecule has 1 aromatic carbocycles. The van der Waals surface area contributed by atoms with Gasteiger partial charge in [0.2, 0.25) is 0 Å². The highest BCUT2D eigenvalue weighted by atomic mass is 32.1. The molecular weight excluding hydrogens is 384 g/mol. The Balaban J connectivity index is 1.98. The molecule has 0 N–H and O–H groups in total. The number of thiazole rings is 1. The van der Waals surface area contributed by atoms with Crippen molar-refractivity contribution in [1.29, 1.82) is 0 Å². The van der Waals surface area contributed by atoms with Gasteiger partial charge >= 0.3 is 0 Å². The van der Waals surface area contributed by atoms with Gasteiger partial charge in [0.25, 0.3) is 11.6 Å². The number of rotatable bonds is 6. The zero-order valence-corrected chi connectivity index (χ0v) is 17.0. The molecule has 0 fully saturated rings. The number of imidazole rings is 1. The van der Waals surface area contributed by atoms with E-state index >= 15 is 0 Å². The van der Waals surface area contributed by atoms with Crippen molar-refractivity contribution in [3.63, 3.8) is 0 Å². The fourth-order valence-electron chi connectivity index (χ4n) is 2.99. The highest BCUT2D eigenvalue weighted by molar-refractivity contribution is 7.17. The number of nitro benzene ring substituents is 1. The molecule has 0 spiro atoms. The number of carbonyl (C=O) groups excluding carboxylic acids is 1. The van der Waals surface area contributed by atoms with Crippen LogP contribution in [0.5, 0.6) is 11.5 Å². The quantitative estimate of drug-likeness (QED) is 0.462. The van der Waals surface area contributed by atoms with Gasteiger partial charge in [0.05, 0.1) is 43.1 Å². The first-order valence-electron chi connectivity index (χ1n) is 8.36. The molecule has 28 heavy (non-hydrogen) atoms. The number of hydrogen-bond acceptors (Lipinski definition) is 7. The fourth-order valence-corrected chi connectivity index (χ4v) is 3.88. The Morgan fingerprint density at radius 2 is 1.93 bits per heavy atom. The van der Waals surface area contributed by atoms with E-state index in [1.165, 1.54) is 31.3 Å². The minimum absolute atomic E-state index is 0.0648. The largest absolute Gasteiger partial charge is 0.493 e. The number of carbonyl (C=O) groups is 1. The maximum Gasteiger partial charge on any atom is 0.286 e. The van der Waals surface area contributed by atoms with Crippen LogP contribution < -0.4 is 9.47 Å². The Bertz CT molecular complexity index is 1070. The van der Waals surface area contributed by atoms with Crippen LogP contribution in [0.3, 0.4) is 0 Å². The summed E-state index contributed by atoms with van der Waals surface area (Å²) >= 11 is 1.56. The fraction of sp³-hybridized carbons (Fsp3) is 0.333. The lowest BCUT2D eigenvalue weighted by atomic mass is 10.1. The van der Waals surface area contributed by atoms with E-state index < -0.39 is 10.8 Å². The van der Waals surface area contributed by atoms with Crippen molar-refractivity contribution in [2.24, 2.45) is 0 Å². The van der Waals surface area contributed by atoms with Gasteiger partial charge in [-0.2, -0.15) is 0 Å². The van der Waals surface area contributed by atoms with Crippen molar-refractivity contribution >= 4 is 27.9 Å². The Morgan fingerprint density at radius 1 is 1.29 bits per heavy atom. The number of aromatic nitrogens is 2. The maximum absolute atomic E-state index is 13.0. The van der Waals surface area contributed by atoms with Gasteiger partial charge in [-0.05, 0) is 13.8 Å². The van der Waals surface area contributed by atoms with Crippen LogP contribution in [0.1, 0.15) is 26.6 Å². The van der Waals surface area contributed by atoms with Gasteiger partial charge in [0.1, 0.15) is 5.56 Å². The molecule has 0 aliphatic rings. The second-order valence-electron chi connectivity index (χ2n) is 6.28. The average molecular weight is 404 g/mol. The van der Waals surface area contributed by atoms with E-state index in [1.807, 2.05) is 24.4 Å². The predicted octanol–water partition coefficient (Wildman–Crippen LogP) is 3.21. The van der Waals surface area contributed by atoms with Crippen LogP contribution in [-0.4, -0.2) is 46.4 Å². The van der Waals surface area contributed by atoms with E-state index in [9.17, 15) is 14.9 Å². The van der Waals surface area contributed by atoms with Gasteiger partial charge in [-0.15, -0.1) is 11.3 Å². The van der Waals surface area contributed by atoms with E-state index in [2.05, 4.69) is 4.98 Å². The van der Waals surface area contributed by atoms with Crippen molar-refractivity contribution in [3.8, 4) is 11.5 Å². The molecule has 1 amide bonds. The minimum Gasteiger partial charge on any atom is -0.493 e. The number of aryl methyl sites for hydroxylation is 2. The van der Waals surface area contributed by atoms with Crippen LogP contribution in [0, 0.1) is 24.0 Å². The Labute approximate surface area is 165 Å². The topological polar surface area (TPSA) is 99.2 Å². The normalized spacial score (nSPS) is 10.9. The number of nitrogens with zero attached hydrogens (tertiary/aromatic N) is 4. The third-order valence-corrected chi connectivity index (χ3v) is 5.30. The lowest BCUT2D eigenvalue weighted by Gasteiger charge is -2.18. The van der Waals surface area contributed by atoms with Crippen molar-refractivity contribution in [3.05, 3.63) is 50.3 Å². The smallest absolute Gasteiger partial charge is 0.286 e. The molecule has 0 saturated carbocycles. The van der Waals surface area contributed by atoms with Gasteiger partial charge in [0, 0.05) is 24.2 Å². The molecule has 0 aliphatic heterocycles. The number of fused-ring (bicyclic) bond motifs is 1. The molecule has 148 valence electrons. The monoisotopic (exact) mass is 404 g/mol.